The van der Waals surface area contributed by atoms with Crippen LogP contribution in [-0.2, 0) is 20.5 Å². The van der Waals surface area contributed by atoms with Crippen LogP contribution in [0.1, 0.15) is 12.5 Å². The number of methoxy groups -OCH3 is 1. The smallest absolute Gasteiger partial charge is 0.277 e. The second-order valence-corrected chi connectivity index (χ2v) is 5.89. The van der Waals surface area contributed by atoms with Gasteiger partial charge in [0.1, 0.15) is 0 Å². The highest BCUT2D eigenvalue weighted by Gasteiger charge is 2.29. The van der Waals surface area contributed by atoms with Crippen LogP contribution in [0.15, 0.2) is 30.3 Å². The normalized spacial score (nSPS) is 15.1. The third-order valence-corrected chi connectivity index (χ3v) is 4.08. The second-order valence-electron chi connectivity index (χ2n) is 4.39. The van der Waals surface area contributed by atoms with Crippen molar-refractivity contribution in [2.24, 2.45) is 5.73 Å². The van der Waals surface area contributed by atoms with E-state index < -0.39 is 15.7 Å². The number of benzene rings is 1. The van der Waals surface area contributed by atoms with Gasteiger partial charge in [-0.3, -0.25) is 0 Å². The maximum Gasteiger partial charge on any atom is 0.277 e. The molecule has 0 aliphatic rings. The van der Waals surface area contributed by atoms with E-state index in [1.54, 1.807) is 6.92 Å². The average molecular weight is 287 g/mol. The van der Waals surface area contributed by atoms with Gasteiger partial charge in [0.15, 0.2) is 0 Å². The topological polar surface area (TPSA) is 93.4 Å². The monoisotopic (exact) mass is 287 g/mol. The minimum atomic E-state index is -3.63. The Hall–Kier alpha value is -0.990. The molecule has 1 aromatic carbocycles. The Labute approximate surface area is 114 Å². The zero-order chi connectivity index (χ0) is 14.4. The molecule has 4 N–H and O–H groups in total. The lowest BCUT2D eigenvalue weighted by atomic mass is 9.94. The second kappa shape index (κ2) is 6.97. The van der Waals surface area contributed by atoms with E-state index in [0.29, 0.717) is 6.61 Å². The van der Waals surface area contributed by atoms with E-state index in [2.05, 4.69) is 9.44 Å². The maximum atomic E-state index is 11.9. The maximum absolute atomic E-state index is 11.9. The molecular weight excluding hydrogens is 266 g/mol. The van der Waals surface area contributed by atoms with E-state index in [4.69, 9.17) is 10.5 Å². The van der Waals surface area contributed by atoms with E-state index >= 15 is 0 Å². The van der Waals surface area contributed by atoms with Crippen molar-refractivity contribution in [3.63, 3.8) is 0 Å². The van der Waals surface area contributed by atoms with Crippen LogP contribution in [-0.4, -0.2) is 35.2 Å². The van der Waals surface area contributed by atoms with Gasteiger partial charge in [0.2, 0.25) is 0 Å². The van der Waals surface area contributed by atoms with Crippen molar-refractivity contribution < 1.29 is 13.2 Å². The highest BCUT2D eigenvalue weighted by molar-refractivity contribution is 7.87. The molecule has 108 valence electrons. The van der Waals surface area contributed by atoms with Gasteiger partial charge < -0.3 is 10.5 Å². The van der Waals surface area contributed by atoms with E-state index in [1.165, 1.54) is 7.11 Å². The molecule has 0 bridgehead atoms. The van der Waals surface area contributed by atoms with Crippen molar-refractivity contribution in [1.29, 1.82) is 0 Å². The summed E-state index contributed by atoms with van der Waals surface area (Å²) >= 11 is 0. The van der Waals surface area contributed by atoms with Gasteiger partial charge in [-0.15, -0.1) is 0 Å². The molecule has 0 aromatic heterocycles. The molecule has 6 nitrogen and oxygen atoms in total. The van der Waals surface area contributed by atoms with E-state index in [1.807, 2.05) is 30.3 Å². The van der Waals surface area contributed by atoms with Crippen molar-refractivity contribution in [2.45, 2.75) is 12.5 Å². The molecule has 1 aromatic rings. The molecule has 1 atom stereocenters. The molecule has 0 saturated heterocycles. The Balaban J connectivity index is 2.81. The molecule has 19 heavy (non-hydrogen) atoms. The quantitative estimate of drug-likeness (QED) is 0.584. The van der Waals surface area contributed by atoms with Crippen LogP contribution < -0.4 is 15.2 Å². The number of ether oxygens (including phenoxy) is 1. The van der Waals surface area contributed by atoms with Crippen molar-refractivity contribution in [3.05, 3.63) is 35.9 Å². The lowest BCUT2D eigenvalue weighted by molar-refractivity contribution is 0.204. The first-order chi connectivity index (χ1) is 8.93. The lowest BCUT2D eigenvalue weighted by Crippen LogP contribution is -2.52. The third kappa shape index (κ3) is 4.88. The average Bonchev–Trinajstić information content (AvgIpc) is 2.39. The summed E-state index contributed by atoms with van der Waals surface area (Å²) in [6, 6.07) is 9.23. The highest BCUT2D eigenvalue weighted by Crippen LogP contribution is 2.19. The van der Waals surface area contributed by atoms with Crippen LogP contribution in [0, 0.1) is 0 Å². The Morgan fingerprint density at radius 2 is 1.95 bits per heavy atom. The largest absolute Gasteiger partial charge is 0.383 e. The predicted molar refractivity (Wildman–Crippen MR) is 74.8 cm³/mol. The van der Waals surface area contributed by atoms with Gasteiger partial charge >= 0.3 is 0 Å². The Kier molecular flexibility index (Phi) is 5.89. The summed E-state index contributed by atoms with van der Waals surface area (Å²) in [5.41, 5.74) is 5.69. The summed E-state index contributed by atoms with van der Waals surface area (Å²) in [6.07, 6.45) is 0. The van der Waals surface area contributed by atoms with Crippen molar-refractivity contribution in [1.82, 2.24) is 9.44 Å². The van der Waals surface area contributed by atoms with Crippen molar-refractivity contribution in [2.75, 3.05) is 26.8 Å². The summed E-state index contributed by atoms with van der Waals surface area (Å²) in [7, 11) is -2.12. The molecule has 0 fully saturated rings. The Bertz CT molecular complexity index is 478. The van der Waals surface area contributed by atoms with Crippen molar-refractivity contribution in [3.8, 4) is 0 Å². The standard InChI is InChI=1S/C12H21N3O3S/c1-12(10-13,11-6-4-3-5-7-11)15-19(16,17)14-8-9-18-2/h3-7,14-15H,8-10,13H2,1-2H3. The summed E-state index contributed by atoms with van der Waals surface area (Å²) in [5.74, 6) is 0. The number of nitrogens with one attached hydrogen (secondary N) is 2. The van der Waals surface area contributed by atoms with Gasteiger partial charge in [0, 0.05) is 20.2 Å². The molecule has 0 aliphatic heterocycles. The summed E-state index contributed by atoms with van der Waals surface area (Å²) in [4.78, 5) is 0. The SMILES string of the molecule is COCCNS(=O)(=O)NC(C)(CN)c1ccccc1. The number of nitrogens with two attached hydrogens (primary N) is 1. The fourth-order valence-corrected chi connectivity index (χ4v) is 2.85. The van der Waals surface area contributed by atoms with Gasteiger partial charge in [0.25, 0.3) is 10.2 Å². The van der Waals surface area contributed by atoms with Gasteiger partial charge in [-0.25, -0.2) is 0 Å². The fraction of sp³-hybridized carbons (Fsp3) is 0.500. The summed E-state index contributed by atoms with van der Waals surface area (Å²) < 4.78 is 33.6. The molecule has 1 rings (SSSR count). The van der Waals surface area contributed by atoms with Gasteiger partial charge in [-0.05, 0) is 12.5 Å². The van der Waals surface area contributed by atoms with Crippen LogP contribution >= 0.6 is 0 Å². The molecule has 0 aliphatic carbocycles. The van der Waals surface area contributed by atoms with Gasteiger partial charge in [0.05, 0.1) is 12.1 Å². The molecule has 0 spiro atoms. The van der Waals surface area contributed by atoms with Crippen molar-refractivity contribution >= 4 is 10.2 Å². The molecule has 0 saturated carbocycles. The number of hydrogen-bond acceptors (Lipinski definition) is 4. The molecular formula is C12H21N3O3S. The summed E-state index contributed by atoms with van der Waals surface area (Å²) in [6.45, 7) is 2.42. The number of hydrogen-bond donors (Lipinski definition) is 3. The molecule has 0 heterocycles. The van der Waals surface area contributed by atoms with Gasteiger partial charge in [-0.1, -0.05) is 30.3 Å². The molecule has 0 radical (unpaired) electrons. The zero-order valence-electron chi connectivity index (χ0n) is 11.2. The summed E-state index contributed by atoms with van der Waals surface area (Å²) in [5, 5.41) is 0. The van der Waals surface area contributed by atoms with E-state index in [9.17, 15) is 8.42 Å². The number of rotatable bonds is 8. The highest BCUT2D eigenvalue weighted by atomic mass is 32.2. The van der Waals surface area contributed by atoms with Crippen LogP contribution in [0.25, 0.3) is 0 Å². The van der Waals surface area contributed by atoms with Crippen LogP contribution in [0.4, 0.5) is 0 Å². The Morgan fingerprint density at radius 3 is 2.47 bits per heavy atom. The first-order valence-corrected chi connectivity index (χ1v) is 7.45. The third-order valence-electron chi connectivity index (χ3n) is 2.78. The van der Waals surface area contributed by atoms with E-state index in [0.717, 1.165) is 5.56 Å². The molecule has 0 amide bonds. The molecule has 7 heteroatoms. The first-order valence-electron chi connectivity index (χ1n) is 5.96. The minimum absolute atomic E-state index is 0.155. The van der Waals surface area contributed by atoms with Crippen LogP contribution in [0.3, 0.4) is 0 Å². The molecule has 1 unspecified atom stereocenters. The van der Waals surface area contributed by atoms with Crippen LogP contribution in [0.2, 0.25) is 0 Å². The zero-order valence-corrected chi connectivity index (χ0v) is 12.0. The fourth-order valence-electron chi connectivity index (χ4n) is 1.64. The van der Waals surface area contributed by atoms with E-state index in [-0.39, 0.29) is 13.1 Å². The first kappa shape index (κ1) is 16.1. The Morgan fingerprint density at radius 1 is 1.32 bits per heavy atom. The minimum Gasteiger partial charge on any atom is -0.383 e. The van der Waals surface area contributed by atoms with Crippen LogP contribution in [0.5, 0.6) is 0 Å². The van der Waals surface area contributed by atoms with Gasteiger partial charge in [-0.2, -0.15) is 17.9 Å². The predicted octanol–water partition coefficient (Wildman–Crippen LogP) is -0.0691. The lowest BCUT2D eigenvalue weighted by Gasteiger charge is -2.29.